The molecule has 0 bridgehead atoms. The summed E-state index contributed by atoms with van der Waals surface area (Å²) in [6, 6.07) is 1.35. The van der Waals surface area contributed by atoms with Crippen molar-refractivity contribution < 1.29 is 35.9 Å². The second-order valence-electron chi connectivity index (χ2n) is 5.84. The van der Waals surface area contributed by atoms with Gasteiger partial charge in [-0.15, -0.1) is 0 Å². The Morgan fingerprint density at radius 2 is 1.92 bits per heavy atom. The number of alkyl halides is 3. The van der Waals surface area contributed by atoms with Crippen LogP contribution in [-0.4, -0.2) is 36.9 Å². The molecule has 1 fully saturated rings. The molecule has 5 nitrogen and oxygen atoms in total. The van der Waals surface area contributed by atoms with Crippen molar-refractivity contribution in [3.63, 3.8) is 0 Å². The van der Waals surface area contributed by atoms with Gasteiger partial charge in [-0.25, -0.2) is 12.8 Å². The van der Waals surface area contributed by atoms with E-state index in [4.69, 9.17) is 5.11 Å². The van der Waals surface area contributed by atoms with Gasteiger partial charge in [0, 0.05) is 13.1 Å². The summed E-state index contributed by atoms with van der Waals surface area (Å²) in [7, 11) is -4.28. The van der Waals surface area contributed by atoms with E-state index in [0.717, 1.165) is 4.31 Å². The van der Waals surface area contributed by atoms with E-state index >= 15 is 0 Å². The van der Waals surface area contributed by atoms with Crippen molar-refractivity contribution in [3.05, 3.63) is 29.6 Å². The first kappa shape index (κ1) is 18.7. The fraction of sp³-hybridized carbons (Fsp3) is 0.500. The molecule has 1 aromatic rings. The van der Waals surface area contributed by atoms with Crippen molar-refractivity contribution >= 4 is 16.0 Å². The van der Waals surface area contributed by atoms with Crippen LogP contribution in [0.5, 0.6) is 0 Å². The topological polar surface area (TPSA) is 74.7 Å². The Morgan fingerprint density at radius 1 is 1.29 bits per heavy atom. The molecule has 24 heavy (non-hydrogen) atoms. The molecule has 1 heterocycles. The fourth-order valence-electron chi connectivity index (χ4n) is 2.71. The highest BCUT2D eigenvalue weighted by atomic mass is 32.2. The third-order valence-corrected chi connectivity index (χ3v) is 5.69. The molecular formula is C14H15F4NO4S. The van der Waals surface area contributed by atoms with Crippen molar-refractivity contribution in [3.8, 4) is 0 Å². The van der Waals surface area contributed by atoms with Gasteiger partial charge < -0.3 is 5.11 Å². The van der Waals surface area contributed by atoms with Crippen LogP contribution in [0.4, 0.5) is 17.6 Å². The van der Waals surface area contributed by atoms with Crippen LogP contribution in [0.25, 0.3) is 0 Å². The van der Waals surface area contributed by atoms with E-state index in [2.05, 4.69) is 0 Å². The number of carboxylic acid groups (broad SMARTS) is 1. The summed E-state index contributed by atoms with van der Waals surface area (Å²) in [6.07, 6.45) is -4.64. The molecule has 0 aromatic heterocycles. The number of piperidine rings is 1. The molecule has 134 valence electrons. The molecule has 2 unspecified atom stereocenters. The number of carboxylic acids is 1. The third kappa shape index (κ3) is 3.69. The van der Waals surface area contributed by atoms with Crippen LogP contribution in [0, 0.1) is 17.7 Å². The van der Waals surface area contributed by atoms with Gasteiger partial charge in [0.25, 0.3) is 0 Å². The standard InChI is InChI=1S/C14H15F4NO4S/c1-8-4-9(13(20)21)7-19(6-8)24(22,23)10-2-3-11(12(15)5-10)14(16,17)18/h2-3,5,8-9H,4,6-7H2,1H3,(H,20,21). The smallest absolute Gasteiger partial charge is 0.419 e. The number of aliphatic carboxylic acids is 1. The van der Waals surface area contributed by atoms with Gasteiger partial charge in [0.05, 0.1) is 16.4 Å². The van der Waals surface area contributed by atoms with Crippen molar-refractivity contribution in [2.75, 3.05) is 13.1 Å². The van der Waals surface area contributed by atoms with Gasteiger partial charge in [-0.05, 0) is 30.5 Å². The number of benzene rings is 1. The predicted molar refractivity (Wildman–Crippen MR) is 75.1 cm³/mol. The number of rotatable bonds is 3. The molecule has 1 aliphatic rings. The number of halogens is 4. The van der Waals surface area contributed by atoms with Crippen LogP contribution in [0.15, 0.2) is 23.1 Å². The molecule has 1 aliphatic heterocycles. The lowest BCUT2D eigenvalue weighted by Crippen LogP contribution is -2.45. The van der Waals surface area contributed by atoms with Gasteiger partial charge in [-0.1, -0.05) is 6.92 Å². The molecule has 2 atom stereocenters. The van der Waals surface area contributed by atoms with Gasteiger partial charge in [0.15, 0.2) is 0 Å². The zero-order valence-electron chi connectivity index (χ0n) is 12.5. The van der Waals surface area contributed by atoms with E-state index in [0.29, 0.717) is 24.6 Å². The summed E-state index contributed by atoms with van der Waals surface area (Å²) < 4.78 is 77.2. The van der Waals surface area contributed by atoms with Crippen LogP contribution in [0.3, 0.4) is 0 Å². The molecule has 0 amide bonds. The lowest BCUT2D eigenvalue weighted by Gasteiger charge is -2.33. The summed E-state index contributed by atoms with van der Waals surface area (Å²) in [5.74, 6) is -4.00. The first-order valence-electron chi connectivity index (χ1n) is 7.02. The fourth-order valence-corrected chi connectivity index (χ4v) is 4.33. The first-order valence-corrected chi connectivity index (χ1v) is 8.46. The maximum Gasteiger partial charge on any atom is 0.419 e. The molecule has 1 N–H and O–H groups in total. The lowest BCUT2D eigenvalue weighted by molar-refractivity contribution is -0.143. The van der Waals surface area contributed by atoms with Crippen LogP contribution >= 0.6 is 0 Å². The maximum atomic E-state index is 13.6. The Morgan fingerprint density at radius 3 is 2.42 bits per heavy atom. The third-order valence-electron chi connectivity index (χ3n) is 3.86. The van der Waals surface area contributed by atoms with Crippen LogP contribution < -0.4 is 0 Å². The van der Waals surface area contributed by atoms with Crippen molar-refractivity contribution in [1.82, 2.24) is 4.31 Å². The van der Waals surface area contributed by atoms with Crippen molar-refractivity contribution in [1.29, 1.82) is 0 Å². The molecule has 1 saturated heterocycles. The average Bonchev–Trinajstić information content (AvgIpc) is 2.45. The van der Waals surface area contributed by atoms with Crippen LogP contribution in [0.1, 0.15) is 18.9 Å². The number of sulfonamides is 1. The minimum atomic E-state index is -4.93. The van der Waals surface area contributed by atoms with Crippen molar-refractivity contribution in [2.24, 2.45) is 11.8 Å². The molecule has 1 aromatic carbocycles. The zero-order chi connectivity index (χ0) is 18.3. The number of hydrogen-bond acceptors (Lipinski definition) is 3. The Kier molecular flexibility index (Phi) is 4.91. The predicted octanol–water partition coefficient (Wildman–Crippen LogP) is 2.58. The molecular weight excluding hydrogens is 354 g/mol. The summed E-state index contributed by atoms with van der Waals surface area (Å²) in [4.78, 5) is 10.5. The van der Waals surface area contributed by atoms with E-state index in [1.165, 1.54) is 0 Å². The Hall–Kier alpha value is -1.68. The van der Waals surface area contributed by atoms with Crippen LogP contribution in [0.2, 0.25) is 0 Å². The van der Waals surface area contributed by atoms with E-state index < -0.39 is 44.4 Å². The summed E-state index contributed by atoms with van der Waals surface area (Å²) in [5, 5.41) is 9.07. The second-order valence-corrected chi connectivity index (χ2v) is 7.78. The largest absolute Gasteiger partial charge is 0.481 e. The highest BCUT2D eigenvalue weighted by Gasteiger charge is 2.38. The Labute approximate surface area is 135 Å². The molecule has 2 rings (SSSR count). The summed E-state index contributed by atoms with van der Waals surface area (Å²) in [5.41, 5.74) is -1.56. The first-order chi connectivity index (χ1) is 10.9. The van der Waals surface area contributed by atoms with Gasteiger partial charge in [0.1, 0.15) is 5.82 Å². The van der Waals surface area contributed by atoms with Gasteiger partial charge in [0.2, 0.25) is 10.0 Å². The Balaban J connectivity index is 2.36. The van der Waals surface area contributed by atoms with Crippen molar-refractivity contribution in [2.45, 2.75) is 24.4 Å². The van der Waals surface area contributed by atoms with Gasteiger partial charge in [-0.3, -0.25) is 4.79 Å². The minimum Gasteiger partial charge on any atom is -0.481 e. The van der Waals surface area contributed by atoms with Gasteiger partial charge in [-0.2, -0.15) is 17.5 Å². The highest BCUT2D eigenvalue weighted by molar-refractivity contribution is 7.89. The number of carbonyl (C=O) groups is 1. The highest BCUT2D eigenvalue weighted by Crippen LogP contribution is 2.33. The number of nitrogens with zero attached hydrogens (tertiary/aromatic N) is 1. The quantitative estimate of drug-likeness (QED) is 0.831. The monoisotopic (exact) mass is 369 g/mol. The maximum absolute atomic E-state index is 13.6. The summed E-state index contributed by atoms with van der Waals surface area (Å²) in [6.45, 7) is 1.39. The SMILES string of the molecule is CC1CC(C(=O)O)CN(S(=O)(=O)c2ccc(C(F)(F)F)c(F)c2)C1. The Bertz CT molecular complexity index is 748. The van der Waals surface area contributed by atoms with Gasteiger partial charge >= 0.3 is 12.1 Å². The van der Waals surface area contributed by atoms with Crippen LogP contribution in [-0.2, 0) is 21.0 Å². The molecule has 0 aliphatic carbocycles. The number of hydrogen-bond donors (Lipinski definition) is 1. The average molecular weight is 369 g/mol. The minimum absolute atomic E-state index is 0.0226. The molecule has 0 spiro atoms. The van der Waals surface area contributed by atoms with E-state index in [1.807, 2.05) is 0 Å². The summed E-state index contributed by atoms with van der Waals surface area (Å²) >= 11 is 0. The van der Waals surface area contributed by atoms with E-state index in [9.17, 15) is 30.8 Å². The van der Waals surface area contributed by atoms with E-state index in [1.54, 1.807) is 6.92 Å². The zero-order valence-corrected chi connectivity index (χ0v) is 13.4. The normalized spacial score (nSPS) is 23.2. The second kappa shape index (κ2) is 6.32. The molecule has 0 saturated carbocycles. The van der Waals surface area contributed by atoms with E-state index in [-0.39, 0.29) is 19.0 Å². The lowest BCUT2D eigenvalue weighted by atomic mass is 9.92. The molecule has 0 radical (unpaired) electrons. The molecule has 10 heteroatoms.